The van der Waals surface area contributed by atoms with Crippen LogP contribution in [0.4, 0.5) is 0 Å². The molecule has 0 heterocycles. The third kappa shape index (κ3) is 1.77. The average molecular weight is 211 g/mol. The van der Waals surface area contributed by atoms with E-state index in [-0.39, 0.29) is 5.92 Å². The van der Waals surface area contributed by atoms with E-state index in [0.717, 1.165) is 25.7 Å². The standard InChI is InChI=1S/C8H15ClO2S/c1-8(2,12(9,10)11)7-5-3-4-6-7/h7H,3-6H2,1-2H3. The minimum absolute atomic E-state index is 0.250. The van der Waals surface area contributed by atoms with Gasteiger partial charge in [0.15, 0.2) is 0 Å². The van der Waals surface area contributed by atoms with Gasteiger partial charge in [-0.1, -0.05) is 12.8 Å². The zero-order chi connectivity index (χ0) is 9.41. The largest absolute Gasteiger partial charge is 0.238 e. The summed E-state index contributed by atoms with van der Waals surface area (Å²) in [6, 6.07) is 0. The first-order chi connectivity index (χ1) is 5.36. The lowest BCUT2D eigenvalue weighted by Gasteiger charge is -2.27. The third-order valence-corrected chi connectivity index (χ3v) is 5.75. The lowest BCUT2D eigenvalue weighted by molar-refractivity contribution is 0.411. The van der Waals surface area contributed by atoms with Crippen LogP contribution in [0.1, 0.15) is 39.5 Å². The number of hydrogen-bond donors (Lipinski definition) is 0. The van der Waals surface area contributed by atoms with E-state index in [4.69, 9.17) is 10.7 Å². The van der Waals surface area contributed by atoms with Crippen LogP contribution in [-0.2, 0) is 9.05 Å². The molecular weight excluding hydrogens is 196 g/mol. The summed E-state index contributed by atoms with van der Waals surface area (Å²) in [6.45, 7) is 3.46. The monoisotopic (exact) mass is 210 g/mol. The van der Waals surface area contributed by atoms with Crippen molar-refractivity contribution in [1.29, 1.82) is 0 Å². The van der Waals surface area contributed by atoms with E-state index >= 15 is 0 Å². The quantitative estimate of drug-likeness (QED) is 0.657. The van der Waals surface area contributed by atoms with Gasteiger partial charge in [-0.3, -0.25) is 0 Å². The molecule has 1 aliphatic rings. The fraction of sp³-hybridized carbons (Fsp3) is 1.00. The topological polar surface area (TPSA) is 34.1 Å². The highest BCUT2D eigenvalue weighted by molar-refractivity contribution is 8.14. The molecule has 0 aromatic heterocycles. The zero-order valence-electron chi connectivity index (χ0n) is 7.51. The van der Waals surface area contributed by atoms with Crippen LogP contribution in [0.15, 0.2) is 0 Å². The molecule has 0 radical (unpaired) electrons. The molecule has 4 heteroatoms. The zero-order valence-corrected chi connectivity index (χ0v) is 9.08. The van der Waals surface area contributed by atoms with Crippen molar-refractivity contribution < 1.29 is 8.42 Å². The van der Waals surface area contributed by atoms with Crippen molar-refractivity contribution in [2.75, 3.05) is 0 Å². The third-order valence-electron chi connectivity index (χ3n) is 2.97. The smallest absolute Gasteiger partial charge is 0.212 e. The predicted octanol–water partition coefficient (Wildman–Crippen LogP) is 2.52. The van der Waals surface area contributed by atoms with Gasteiger partial charge in [-0.25, -0.2) is 8.42 Å². The molecule has 2 nitrogen and oxygen atoms in total. The van der Waals surface area contributed by atoms with Crippen LogP contribution >= 0.6 is 10.7 Å². The summed E-state index contributed by atoms with van der Waals surface area (Å²) in [7, 11) is 1.96. The second kappa shape index (κ2) is 3.18. The molecule has 0 unspecified atom stereocenters. The van der Waals surface area contributed by atoms with Crippen LogP contribution in [-0.4, -0.2) is 13.2 Å². The molecule has 0 aromatic carbocycles. The molecule has 1 aliphatic carbocycles. The fourth-order valence-corrected chi connectivity index (χ4v) is 2.83. The van der Waals surface area contributed by atoms with Crippen molar-refractivity contribution in [3.63, 3.8) is 0 Å². The molecule has 0 atom stereocenters. The van der Waals surface area contributed by atoms with Gasteiger partial charge in [0.05, 0.1) is 4.75 Å². The SMILES string of the molecule is CC(C)(C1CCCC1)S(=O)(=O)Cl. The Balaban J connectivity index is 2.84. The number of rotatable bonds is 2. The lowest BCUT2D eigenvalue weighted by Crippen LogP contribution is -2.35. The maximum atomic E-state index is 11.2. The average Bonchev–Trinajstić information content (AvgIpc) is 2.34. The van der Waals surface area contributed by atoms with Crippen LogP contribution in [0.5, 0.6) is 0 Å². The van der Waals surface area contributed by atoms with E-state index in [2.05, 4.69) is 0 Å². The molecule has 1 fully saturated rings. The summed E-state index contributed by atoms with van der Waals surface area (Å²) in [5.74, 6) is 0.250. The van der Waals surface area contributed by atoms with Gasteiger partial charge in [0.2, 0.25) is 9.05 Å². The summed E-state index contributed by atoms with van der Waals surface area (Å²) in [5.41, 5.74) is 0. The molecule has 0 aromatic rings. The van der Waals surface area contributed by atoms with Crippen LogP contribution < -0.4 is 0 Å². The highest BCUT2D eigenvalue weighted by atomic mass is 35.7. The first kappa shape index (κ1) is 10.3. The molecule has 0 spiro atoms. The highest BCUT2D eigenvalue weighted by Crippen LogP contribution is 2.39. The molecular formula is C8H15ClO2S. The minimum Gasteiger partial charge on any atom is -0.212 e. The Morgan fingerprint density at radius 3 is 2.00 bits per heavy atom. The van der Waals surface area contributed by atoms with Crippen molar-refractivity contribution in [3.8, 4) is 0 Å². The van der Waals surface area contributed by atoms with Crippen molar-refractivity contribution in [1.82, 2.24) is 0 Å². The number of halogens is 1. The summed E-state index contributed by atoms with van der Waals surface area (Å²) in [4.78, 5) is 0. The van der Waals surface area contributed by atoms with E-state index in [1.54, 1.807) is 13.8 Å². The van der Waals surface area contributed by atoms with Gasteiger partial charge in [-0.2, -0.15) is 0 Å². The van der Waals surface area contributed by atoms with Gasteiger partial charge < -0.3 is 0 Å². The first-order valence-electron chi connectivity index (χ1n) is 4.30. The van der Waals surface area contributed by atoms with E-state index in [1.165, 1.54) is 0 Å². The number of hydrogen-bond acceptors (Lipinski definition) is 2. The second-order valence-electron chi connectivity index (χ2n) is 4.02. The molecule has 0 amide bonds. The van der Waals surface area contributed by atoms with Crippen molar-refractivity contribution in [2.24, 2.45) is 5.92 Å². The molecule has 0 saturated heterocycles. The maximum Gasteiger partial charge on any atom is 0.238 e. The lowest BCUT2D eigenvalue weighted by atomic mass is 9.93. The van der Waals surface area contributed by atoms with Crippen molar-refractivity contribution >= 4 is 19.7 Å². The predicted molar refractivity (Wildman–Crippen MR) is 50.8 cm³/mol. The van der Waals surface area contributed by atoms with Gasteiger partial charge in [0.25, 0.3) is 0 Å². The second-order valence-corrected chi connectivity index (χ2v) is 7.17. The van der Waals surface area contributed by atoms with E-state index in [9.17, 15) is 8.42 Å². The van der Waals surface area contributed by atoms with Crippen LogP contribution in [0, 0.1) is 5.92 Å². The minimum atomic E-state index is -3.41. The van der Waals surface area contributed by atoms with Gasteiger partial charge in [0.1, 0.15) is 0 Å². The Labute approximate surface area is 78.7 Å². The molecule has 1 saturated carbocycles. The molecule has 1 rings (SSSR count). The Hall–Kier alpha value is 0.240. The summed E-state index contributed by atoms with van der Waals surface area (Å²) in [6.07, 6.45) is 4.28. The van der Waals surface area contributed by atoms with E-state index in [0.29, 0.717) is 0 Å². The summed E-state index contributed by atoms with van der Waals surface area (Å²) >= 11 is 0. The van der Waals surface area contributed by atoms with Crippen LogP contribution in [0.2, 0.25) is 0 Å². The maximum absolute atomic E-state index is 11.2. The van der Waals surface area contributed by atoms with Crippen molar-refractivity contribution in [2.45, 2.75) is 44.3 Å². The van der Waals surface area contributed by atoms with Crippen LogP contribution in [0.25, 0.3) is 0 Å². The Bertz CT molecular complexity index is 250. The molecule has 0 bridgehead atoms. The van der Waals surface area contributed by atoms with Gasteiger partial charge in [-0.15, -0.1) is 0 Å². The normalized spacial score (nSPS) is 21.6. The Kier molecular flexibility index (Phi) is 2.74. The summed E-state index contributed by atoms with van der Waals surface area (Å²) in [5, 5.41) is 0. The first-order valence-corrected chi connectivity index (χ1v) is 6.61. The fourth-order valence-electron chi connectivity index (χ4n) is 1.82. The Morgan fingerprint density at radius 2 is 1.67 bits per heavy atom. The molecule has 0 N–H and O–H groups in total. The van der Waals surface area contributed by atoms with Gasteiger partial charge in [-0.05, 0) is 32.6 Å². The van der Waals surface area contributed by atoms with Gasteiger partial charge >= 0.3 is 0 Å². The van der Waals surface area contributed by atoms with Crippen LogP contribution in [0.3, 0.4) is 0 Å². The van der Waals surface area contributed by atoms with Crippen molar-refractivity contribution in [3.05, 3.63) is 0 Å². The highest BCUT2D eigenvalue weighted by Gasteiger charge is 2.41. The van der Waals surface area contributed by atoms with E-state index < -0.39 is 13.8 Å². The molecule has 0 aliphatic heterocycles. The molecule has 12 heavy (non-hydrogen) atoms. The molecule has 72 valence electrons. The summed E-state index contributed by atoms with van der Waals surface area (Å²) < 4.78 is 21.7. The Morgan fingerprint density at radius 1 is 1.25 bits per heavy atom. The van der Waals surface area contributed by atoms with E-state index in [1.807, 2.05) is 0 Å². The van der Waals surface area contributed by atoms with Gasteiger partial charge in [0, 0.05) is 10.7 Å².